The van der Waals surface area contributed by atoms with Crippen molar-refractivity contribution in [2.75, 3.05) is 36.4 Å². The van der Waals surface area contributed by atoms with E-state index in [1.54, 1.807) is 6.20 Å². The van der Waals surface area contributed by atoms with E-state index in [2.05, 4.69) is 44.8 Å². The number of aromatic nitrogens is 4. The number of anilines is 3. The van der Waals surface area contributed by atoms with Gasteiger partial charge in [0.15, 0.2) is 0 Å². The number of rotatable bonds is 5. The molecule has 1 aliphatic heterocycles. The van der Waals surface area contributed by atoms with E-state index >= 15 is 0 Å². The van der Waals surface area contributed by atoms with Crippen LogP contribution in [0.4, 0.5) is 17.3 Å². The number of pyridine rings is 1. The average molecular weight is 561 g/mol. The number of thiazole rings is 1. The van der Waals surface area contributed by atoms with Crippen molar-refractivity contribution in [3.63, 3.8) is 0 Å². The Labute approximate surface area is 232 Å². The van der Waals surface area contributed by atoms with Crippen molar-refractivity contribution < 1.29 is 0 Å². The highest BCUT2D eigenvalue weighted by Crippen LogP contribution is 2.33. The molecule has 1 saturated carbocycles. The first-order chi connectivity index (χ1) is 17.2. The highest BCUT2D eigenvalue weighted by molar-refractivity contribution is 7.13. The second-order valence-electron chi connectivity index (χ2n) is 9.29. The predicted octanol–water partition coefficient (Wildman–Crippen LogP) is 5.34. The minimum Gasteiger partial charge on any atom is -0.369 e. The maximum atomic E-state index is 13.7. The Morgan fingerprint density at radius 3 is 2.46 bits per heavy atom. The Kier molecular flexibility index (Phi) is 8.69. The van der Waals surface area contributed by atoms with Gasteiger partial charge in [0.05, 0.1) is 11.3 Å². The van der Waals surface area contributed by atoms with Crippen LogP contribution >= 0.6 is 36.2 Å². The molecule has 2 aliphatic rings. The largest absolute Gasteiger partial charge is 0.369 e. The van der Waals surface area contributed by atoms with E-state index in [0.29, 0.717) is 17.2 Å². The Bertz CT molecular complexity index is 1400. The van der Waals surface area contributed by atoms with Gasteiger partial charge in [-0.3, -0.25) is 9.36 Å². The van der Waals surface area contributed by atoms with Gasteiger partial charge in [-0.2, -0.15) is 4.98 Å². The van der Waals surface area contributed by atoms with E-state index in [1.807, 2.05) is 22.9 Å². The molecule has 0 amide bonds. The van der Waals surface area contributed by atoms with Crippen molar-refractivity contribution in [2.45, 2.75) is 38.6 Å². The van der Waals surface area contributed by atoms with Crippen molar-refractivity contribution in [2.24, 2.45) is 0 Å². The number of nitrogens with one attached hydrogen (secondary N) is 2. The summed E-state index contributed by atoms with van der Waals surface area (Å²) in [6, 6.07) is 10.5. The van der Waals surface area contributed by atoms with Gasteiger partial charge in [-0.25, -0.2) is 9.97 Å². The zero-order valence-electron chi connectivity index (χ0n) is 20.6. The van der Waals surface area contributed by atoms with Gasteiger partial charge in [-0.15, -0.1) is 36.2 Å². The molecule has 1 saturated heterocycles. The van der Waals surface area contributed by atoms with Crippen LogP contribution in [0.25, 0.3) is 21.6 Å². The molecular weight excluding hydrogens is 529 g/mol. The summed E-state index contributed by atoms with van der Waals surface area (Å²) in [5.41, 5.74) is 4.32. The number of piperazine rings is 1. The molecule has 2 fully saturated rings. The minimum atomic E-state index is -0.0104. The molecule has 8 nitrogen and oxygen atoms in total. The molecule has 0 radical (unpaired) electrons. The quantitative estimate of drug-likeness (QED) is 0.341. The fourth-order valence-electron chi connectivity index (χ4n) is 5.23. The Morgan fingerprint density at radius 2 is 1.78 bits per heavy atom. The third kappa shape index (κ3) is 5.45. The highest BCUT2D eigenvalue weighted by Gasteiger charge is 2.24. The number of aryl methyl sites for hydroxylation is 1. The molecule has 11 heteroatoms. The molecular formula is C26H31Cl2N7OS. The van der Waals surface area contributed by atoms with Gasteiger partial charge in [0, 0.05) is 60.6 Å². The maximum absolute atomic E-state index is 13.7. The molecule has 6 rings (SSSR count). The molecule has 1 aliphatic carbocycles. The highest BCUT2D eigenvalue weighted by atomic mass is 35.5. The van der Waals surface area contributed by atoms with Gasteiger partial charge in [-0.1, -0.05) is 12.8 Å². The first-order valence-electron chi connectivity index (χ1n) is 12.3. The van der Waals surface area contributed by atoms with Crippen molar-refractivity contribution >= 4 is 64.5 Å². The van der Waals surface area contributed by atoms with Gasteiger partial charge < -0.3 is 15.5 Å². The second-order valence-corrected chi connectivity index (χ2v) is 10.2. The molecule has 37 heavy (non-hydrogen) atoms. The van der Waals surface area contributed by atoms with Crippen LogP contribution < -0.4 is 21.1 Å². The lowest BCUT2D eigenvalue weighted by Gasteiger charge is -2.29. The van der Waals surface area contributed by atoms with Gasteiger partial charge in [0.1, 0.15) is 10.7 Å². The number of hydrogen-bond acceptors (Lipinski definition) is 8. The number of halogens is 2. The average Bonchev–Trinajstić information content (AvgIpc) is 3.60. The van der Waals surface area contributed by atoms with E-state index in [9.17, 15) is 4.79 Å². The zero-order chi connectivity index (χ0) is 23.8. The molecule has 0 bridgehead atoms. The second kappa shape index (κ2) is 11.8. The summed E-state index contributed by atoms with van der Waals surface area (Å²) in [6.07, 6.45) is 6.00. The van der Waals surface area contributed by atoms with Crippen molar-refractivity contribution in [1.82, 2.24) is 24.8 Å². The van der Waals surface area contributed by atoms with Crippen LogP contribution in [-0.4, -0.2) is 45.7 Å². The Morgan fingerprint density at radius 1 is 1.05 bits per heavy atom. The standard InChI is InChI=1S/C26H29N7OS.2ClH/c1-17-21-16-22(24-28-12-15-35-24)25(34)33(20-4-2-3-5-20)23(21)31-26(29-17)30-18-6-8-19(9-7-18)32-13-10-27-11-14-32;;/h6-9,12,15-16,20,27H,2-5,10-11,13-14H2,1H3,(H,29,30,31);2*1H. The van der Waals surface area contributed by atoms with E-state index in [0.717, 1.165) is 73.6 Å². The summed E-state index contributed by atoms with van der Waals surface area (Å²) >= 11 is 1.49. The first-order valence-corrected chi connectivity index (χ1v) is 13.2. The van der Waals surface area contributed by atoms with Crippen LogP contribution in [0.3, 0.4) is 0 Å². The Balaban J connectivity index is 0.00000160. The summed E-state index contributed by atoms with van der Waals surface area (Å²) < 4.78 is 1.91. The van der Waals surface area contributed by atoms with E-state index < -0.39 is 0 Å². The predicted molar refractivity (Wildman–Crippen MR) is 156 cm³/mol. The van der Waals surface area contributed by atoms with E-state index in [-0.39, 0.29) is 36.4 Å². The molecule has 3 aromatic heterocycles. The number of nitrogens with zero attached hydrogens (tertiary/aromatic N) is 5. The molecule has 0 spiro atoms. The smallest absolute Gasteiger partial charge is 0.262 e. The van der Waals surface area contributed by atoms with Crippen LogP contribution in [0.5, 0.6) is 0 Å². The molecule has 2 N–H and O–H groups in total. The van der Waals surface area contributed by atoms with Gasteiger partial charge in [0.25, 0.3) is 5.56 Å². The fourth-order valence-corrected chi connectivity index (χ4v) is 5.87. The first kappa shape index (κ1) is 27.3. The molecule has 4 heterocycles. The van der Waals surface area contributed by atoms with Crippen molar-refractivity contribution in [3.05, 3.63) is 58.0 Å². The van der Waals surface area contributed by atoms with Crippen LogP contribution in [-0.2, 0) is 0 Å². The summed E-state index contributed by atoms with van der Waals surface area (Å²) in [7, 11) is 0. The molecule has 0 unspecified atom stereocenters. The van der Waals surface area contributed by atoms with Crippen LogP contribution in [0.2, 0.25) is 0 Å². The van der Waals surface area contributed by atoms with E-state index in [1.165, 1.54) is 17.0 Å². The summed E-state index contributed by atoms with van der Waals surface area (Å²) in [6.45, 7) is 6.04. The van der Waals surface area contributed by atoms with E-state index in [4.69, 9.17) is 9.97 Å². The number of benzene rings is 1. The summed E-state index contributed by atoms with van der Waals surface area (Å²) in [5.74, 6) is 0.512. The molecule has 1 aromatic carbocycles. The lowest BCUT2D eigenvalue weighted by Crippen LogP contribution is -2.43. The summed E-state index contributed by atoms with van der Waals surface area (Å²) in [5, 5.41) is 10.3. The van der Waals surface area contributed by atoms with Crippen LogP contribution in [0, 0.1) is 6.92 Å². The molecule has 4 aromatic rings. The van der Waals surface area contributed by atoms with Gasteiger partial charge in [0.2, 0.25) is 5.95 Å². The lowest BCUT2D eigenvalue weighted by atomic mass is 10.1. The van der Waals surface area contributed by atoms with Crippen LogP contribution in [0.1, 0.15) is 37.4 Å². The van der Waals surface area contributed by atoms with Crippen molar-refractivity contribution in [3.8, 4) is 10.6 Å². The number of fused-ring (bicyclic) bond motifs is 1. The Hall–Kier alpha value is -2.72. The maximum Gasteiger partial charge on any atom is 0.262 e. The lowest BCUT2D eigenvalue weighted by molar-refractivity contribution is 0.516. The third-order valence-corrected chi connectivity index (χ3v) is 7.85. The monoisotopic (exact) mass is 559 g/mol. The van der Waals surface area contributed by atoms with Crippen molar-refractivity contribution in [1.29, 1.82) is 0 Å². The molecule has 0 atom stereocenters. The molecule has 196 valence electrons. The van der Waals surface area contributed by atoms with Gasteiger partial charge in [-0.05, 0) is 50.1 Å². The minimum absolute atomic E-state index is 0. The fraction of sp³-hybridized carbons (Fsp3) is 0.385. The summed E-state index contributed by atoms with van der Waals surface area (Å²) in [4.78, 5) is 30.1. The normalized spacial score (nSPS) is 15.9. The topological polar surface area (TPSA) is 88.0 Å². The SMILES string of the molecule is Cc1nc(Nc2ccc(N3CCNCC3)cc2)nc2c1cc(-c1nccs1)c(=O)n2C1CCCC1.Cl.Cl. The zero-order valence-corrected chi connectivity index (χ0v) is 23.1. The number of hydrogen-bond donors (Lipinski definition) is 2. The van der Waals surface area contributed by atoms with Gasteiger partial charge >= 0.3 is 0 Å². The third-order valence-electron chi connectivity index (χ3n) is 7.04. The van der Waals surface area contributed by atoms with Crippen LogP contribution in [0.15, 0.2) is 46.7 Å².